The van der Waals surface area contributed by atoms with Gasteiger partial charge < -0.3 is 29.9 Å². The number of ether oxygens (including phenoxy) is 2. The van der Waals surface area contributed by atoms with Crippen LogP contribution in [0.25, 0.3) is 0 Å². The van der Waals surface area contributed by atoms with Gasteiger partial charge in [0.15, 0.2) is 6.29 Å². The average Bonchev–Trinajstić information content (AvgIpc) is 2.70. The van der Waals surface area contributed by atoms with Crippen molar-refractivity contribution in [3.63, 3.8) is 0 Å². The molecule has 1 aliphatic rings. The predicted octanol–water partition coefficient (Wildman–Crippen LogP) is 3.14. The summed E-state index contributed by atoms with van der Waals surface area (Å²) < 4.78 is 11.3. The first-order valence-electron chi connectivity index (χ1n) is 11.5. The molecule has 1 aliphatic heterocycles. The summed E-state index contributed by atoms with van der Waals surface area (Å²) in [6, 6.07) is 0. The van der Waals surface area contributed by atoms with E-state index in [1.165, 1.54) is 64.2 Å². The first-order chi connectivity index (χ1) is 13.5. The molecule has 4 N–H and O–H groups in total. The molecule has 0 bridgehead atoms. The maximum absolute atomic E-state index is 10.1. The molecular weight excluding hydrogens is 360 g/mol. The van der Waals surface area contributed by atoms with E-state index in [1.807, 2.05) is 0 Å². The van der Waals surface area contributed by atoms with Gasteiger partial charge in [-0.05, 0) is 18.8 Å². The molecule has 1 fully saturated rings. The number of hydrogen-bond acceptors (Lipinski definition) is 6. The summed E-state index contributed by atoms with van der Waals surface area (Å²) in [5.41, 5.74) is 0. The van der Waals surface area contributed by atoms with E-state index >= 15 is 0 Å². The largest absolute Gasteiger partial charge is 0.394 e. The molecule has 0 aromatic heterocycles. The van der Waals surface area contributed by atoms with Gasteiger partial charge in [0.2, 0.25) is 0 Å². The molecule has 6 nitrogen and oxygen atoms in total. The van der Waals surface area contributed by atoms with Crippen molar-refractivity contribution in [2.75, 3.05) is 13.2 Å². The molecule has 0 aromatic carbocycles. The van der Waals surface area contributed by atoms with E-state index in [0.29, 0.717) is 12.5 Å². The highest BCUT2D eigenvalue weighted by molar-refractivity contribution is 4.88. The number of aliphatic hydroxyl groups is 4. The Morgan fingerprint density at radius 2 is 1.29 bits per heavy atom. The number of aliphatic hydroxyl groups excluding tert-OH is 4. The second-order valence-electron chi connectivity index (χ2n) is 8.30. The van der Waals surface area contributed by atoms with Gasteiger partial charge in [-0.1, -0.05) is 78.1 Å². The molecule has 1 unspecified atom stereocenters. The lowest BCUT2D eigenvalue weighted by Gasteiger charge is -2.40. The van der Waals surface area contributed by atoms with Crippen LogP contribution in [-0.2, 0) is 9.47 Å². The molecular formula is C22H44O6. The van der Waals surface area contributed by atoms with Crippen LogP contribution >= 0.6 is 0 Å². The Kier molecular flexibility index (Phi) is 14.4. The van der Waals surface area contributed by atoms with Gasteiger partial charge in [0, 0.05) is 0 Å². The minimum atomic E-state index is -1.38. The van der Waals surface area contributed by atoms with Gasteiger partial charge in [-0.25, -0.2) is 0 Å². The maximum atomic E-state index is 10.1. The van der Waals surface area contributed by atoms with Crippen molar-refractivity contribution in [3.05, 3.63) is 0 Å². The molecule has 0 saturated carbocycles. The lowest BCUT2D eigenvalue weighted by Crippen LogP contribution is -2.59. The molecule has 1 saturated heterocycles. The van der Waals surface area contributed by atoms with E-state index < -0.39 is 37.3 Å². The first-order valence-corrected chi connectivity index (χ1v) is 11.5. The van der Waals surface area contributed by atoms with E-state index in [2.05, 4.69) is 13.8 Å². The summed E-state index contributed by atoms with van der Waals surface area (Å²) in [5, 5.41) is 39.2. The minimum absolute atomic E-state index is 0.399. The molecule has 0 aliphatic carbocycles. The molecule has 1 heterocycles. The van der Waals surface area contributed by atoms with Crippen LogP contribution in [0.15, 0.2) is 0 Å². The molecule has 28 heavy (non-hydrogen) atoms. The topological polar surface area (TPSA) is 99.4 Å². The van der Waals surface area contributed by atoms with Crippen molar-refractivity contribution in [1.29, 1.82) is 0 Å². The standard InChI is InChI=1S/C22H44O6/c1-3-5-7-9-10-12-14-17(13-11-8-6-4-2)16-27-22-21(26)20(25)19(24)18(15-23)28-22/h17-26H,3-16H2,1-2H3/t17?,18-,19+,20+,21-,22-/m1/s1. The van der Waals surface area contributed by atoms with Crippen molar-refractivity contribution in [2.24, 2.45) is 5.92 Å². The minimum Gasteiger partial charge on any atom is -0.394 e. The van der Waals surface area contributed by atoms with Crippen molar-refractivity contribution in [1.82, 2.24) is 0 Å². The van der Waals surface area contributed by atoms with Gasteiger partial charge in [0.1, 0.15) is 24.4 Å². The third-order valence-corrected chi connectivity index (χ3v) is 5.78. The molecule has 168 valence electrons. The van der Waals surface area contributed by atoms with Crippen molar-refractivity contribution in [2.45, 2.75) is 122 Å². The SMILES string of the molecule is CCCCCCCCC(CCCCCC)CO[C@@H]1O[C@H](CO)[C@H](O)[C@H](O)[C@H]1O. The monoisotopic (exact) mass is 404 g/mol. The second kappa shape index (κ2) is 15.6. The Hall–Kier alpha value is -0.240. The Morgan fingerprint density at radius 1 is 0.750 bits per heavy atom. The summed E-state index contributed by atoms with van der Waals surface area (Å²) in [6.07, 6.45) is 8.65. The number of unbranched alkanes of at least 4 members (excludes halogenated alkanes) is 8. The van der Waals surface area contributed by atoms with Crippen molar-refractivity contribution < 1.29 is 29.9 Å². The maximum Gasteiger partial charge on any atom is 0.186 e. The lowest BCUT2D eigenvalue weighted by atomic mass is 9.94. The van der Waals surface area contributed by atoms with Crippen LogP contribution in [0.2, 0.25) is 0 Å². The zero-order valence-electron chi connectivity index (χ0n) is 18.0. The predicted molar refractivity (Wildman–Crippen MR) is 110 cm³/mol. The summed E-state index contributed by atoms with van der Waals surface area (Å²) >= 11 is 0. The highest BCUT2D eigenvalue weighted by atomic mass is 16.7. The molecule has 6 heteroatoms. The average molecular weight is 405 g/mol. The van der Waals surface area contributed by atoms with Gasteiger partial charge in [-0.2, -0.15) is 0 Å². The van der Waals surface area contributed by atoms with Gasteiger partial charge >= 0.3 is 0 Å². The second-order valence-corrected chi connectivity index (χ2v) is 8.30. The Bertz CT molecular complexity index is 365. The van der Waals surface area contributed by atoms with E-state index in [1.54, 1.807) is 0 Å². The van der Waals surface area contributed by atoms with E-state index in [0.717, 1.165) is 12.8 Å². The quantitative estimate of drug-likeness (QED) is 0.295. The Morgan fingerprint density at radius 3 is 1.86 bits per heavy atom. The third kappa shape index (κ3) is 9.51. The molecule has 0 radical (unpaired) electrons. The summed E-state index contributed by atoms with van der Waals surface area (Å²) in [6.45, 7) is 4.46. The molecule has 0 amide bonds. The highest BCUT2D eigenvalue weighted by Crippen LogP contribution is 2.25. The zero-order chi connectivity index (χ0) is 20.8. The Labute approximate surface area is 171 Å². The van der Waals surface area contributed by atoms with Crippen LogP contribution in [-0.4, -0.2) is 64.3 Å². The van der Waals surface area contributed by atoms with Crippen LogP contribution in [0, 0.1) is 5.92 Å². The van der Waals surface area contributed by atoms with Gasteiger partial charge in [0.05, 0.1) is 13.2 Å². The normalized spacial score (nSPS) is 29.1. The molecule has 1 rings (SSSR count). The number of hydrogen-bond donors (Lipinski definition) is 4. The van der Waals surface area contributed by atoms with E-state index in [4.69, 9.17) is 9.47 Å². The summed E-state index contributed by atoms with van der Waals surface area (Å²) in [4.78, 5) is 0. The first kappa shape index (κ1) is 25.8. The van der Waals surface area contributed by atoms with Crippen LogP contribution in [0.1, 0.15) is 90.9 Å². The van der Waals surface area contributed by atoms with E-state index in [-0.39, 0.29) is 0 Å². The van der Waals surface area contributed by atoms with Gasteiger partial charge in [0.25, 0.3) is 0 Å². The van der Waals surface area contributed by atoms with Gasteiger partial charge in [-0.3, -0.25) is 0 Å². The summed E-state index contributed by atoms with van der Waals surface area (Å²) in [7, 11) is 0. The zero-order valence-corrected chi connectivity index (χ0v) is 18.0. The number of rotatable bonds is 16. The highest BCUT2D eigenvalue weighted by Gasteiger charge is 2.44. The van der Waals surface area contributed by atoms with Crippen molar-refractivity contribution >= 4 is 0 Å². The van der Waals surface area contributed by atoms with Crippen LogP contribution in [0.3, 0.4) is 0 Å². The van der Waals surface area contributed by atoms with Crippen LogP contribution in [0.4, 0.5) is 0 Å². The lowest BCUT2D eigenvalue weighted by molar-refractivity contribution is -0.303. The van der Waals surface area contributed by atoms with E-state index in [9.17, 15) is 20.4 Å². The van der Waals surface area contributed by atoms with Crippen LogP contribution in [0.5, 0.6) is 0 Å². The molecule has 0 aromatic rings. The fraction of sp³-hybridized carbons (Fsp3) is 1.00. The Balaban J connectivity index is 2.44. The summed E-state index contributed by atoms with van der Waals surface area (Å²) in [5.74, 6) is 0.399. The van der Waals surface area contributed by atoms with Gasteiger partial charge in [-0.15, -0.1) is 0 Å². The van der Waals surface area contributed by atoms with Crippen molar-refractivity contribution in [3.8, 4) is 0 Å². The fourth-order valence-electron chi connectivity index (χ4n) is 3.82. The smallest absolute Gasteiger partial charge is 0.186 e. The van der Waals surface area contributed by atoms with Crippen LogP contribution < -0.4 is 0 Å². The fourth-order valence-corrected chi connectivity index (χ4v) is 3.82. The third-order valence-electron chi connectivity index (χ3n) is 5.78. The molecule has 6 atom stereocenters. The molecule has 0 spiro atoms.